The third kappa shape index (κ3) is 4.14. The lowest BCUT2D eigenvalue weighted by Gasteiger charge is -2.10. The van der Waals surface area contributed by atoms with Gasteiger partial charge in [0.05, 0.1) is 34.3 Å². The van der Waals surface area contributed by atoms with Gasteiger partial charge in [-0.3, -0.25) is 9.48 Å². The number of amides is 1. The number of hydrogen-bond acceptors (Lipinski definition) is 6. The van der Waals surface area contributed by atoms with Crippen LogP contribution in [0.3, 0.4) is 0 Å². The van der Waals surface area contributed by atoms with Gasteiger partial charge < -0.3 is 0 Å². The molecular formula is C18H24N4O3S2. The van der Waals surface area contributed by atoms with E-state index in [1.54, 1.807) is 10.9 Å². The molecule has 0 unspecified atom stereocenters. The number of hydrogen-bond donors (Lipinski definition) is 1. The third-order valence-corrected chi connectivity index (χ3v) is 7.99. The van der Waals surface area contributed by atoms with Crippen molar-refractivity contribution >= 4 is 33.3 Å². The molecule has 1 aliphatic rings. The van der Waals surface area contributed by atoms with Crippen molar-refractivity contribution in [3.05, 3.63) is 38.3 Å². The van der Waals surface area contributed by atoms with Crippen molar-refractivity contribution in [1.82, 2.24) is 15.2 Å². The molecule has 0 radical (unpaired) electrons. The zero-order valence-electron chi connectivity index (χ0n) is 15.9. The summed E-state index contributed by atoms with van der Waals surface area (Å²) in [7, 11) is -2.98. The number of carbonyl (C=O) groups excluding carboxylic acids is 1. The van der Waals surface area contributed by atoms with Crippen LogP contribution in [0.15, 0.2) is 11.2 Å². The van der Waals surface area contributed by atoms with Crippen LogP contribution in [0.5, 0.6) is 0 Å². The van der Waals surface area contributed by atoms with Crippen molar-refractivity contribution in [2.24, 2.45) is 5.10 Å². The summed E-state index contributed by atoms with van der Waals surface area (Å²) in [6, 6.07) is 1.75. The van der Waals surface area contributed by atoms with Crippen LogP contribution in [0.4, 0.5) is 0 Å². The number of carbonyl (C=O) groups is 1. The van der Waals surface area contributed by atoms with Crippen molar-refractivity contribution in [3.63, 3.8) is 0 Å². The number of rotatable bonds is 5. The lowest BCUT2D eigenvalue weighted by molar-refractivity contribution is 0.0959. The van der Waals surface area contributed by atoms with Crippen LogP contribution < -0.4 is 5.43 Å². The highest BCUT2D eigenvalue weighted by Crippen LogP contribution is 2.26. The van der Waals surface area contributed by atoms with Crippen LogP contribution in [-0.4, -0.2) is 41.8 Å². The van der Waals surface area contributed by atoms with Gasteiger partial charge in [0.15, 0.2) is 9.84 Å². The molecule has 1 amide bonds. The maximum absolute atomic E-state index is 12.3. The largest absolute Gasteiger partial charge is 0.281 e. The minimum absolute atomic E-state index is 0.125. The molecule has 3 heterocycles. The molecule has 0 spiro atoms. The van der Waals surface area contributed by atoms with Gasteiger partial charge in [0, 0.05) is 16.1 Å². The fraction of sp³-hybridized carbons (Fsp3) is 0.500. The van der Waals surface area contributed by atoms with Crippen LogP contribution in [0.25, 0.3) is 0 Å². The van der Waals surface area contributed by atoms with E-state index in [4.69, 9.17) is 0 Å². The van der Waals surface area contributed by atoms with E-state index < -0.39 is 9.84 Å². The number of thiophene rings is 1. The molecule has 3 rings (SSSR count). The lowest BCUT2D eigenvalue weighted by atomic mass is 10.2. The van der Waals surface area contributed by atoms with E-state index in [0.717, 1.165) is 28.9 Å². The second kappa shape index (κ2) is 7.55. The smallest absolute Gasteiger partial charge is 0.266 e. The van der Waals surface area contributed by atoms with Crippen LogP contribution in [0.2, 0.25) is 0 Å². The van der Waals surface area contributed by atoms with E-state index >= 15 is 0 Å². The summed E-state index contributed by atoms with van der Waals surface area (Å²) in [4.78, 5) is 14.1. The Hall–Kier alpha value is -2.00. The van der Waals surface area contributed by atoms with E-state index in [1.165, 1.54) is 16.2 Å². The Morgan fingerprint density at radius 3 is 2.78 bits per heavy atom. The monoisotopic (exact) mass is 408 g/mol. The molecule has 2 aromatic rings. The first-order chi connectivity index (χ1) is 12.7. The van der Waals surface area contributed by atoms with Gasteiger partial charge in [0.2, 0.25) is 0 Å². The Kier molecular flexibility index (Phi) is 5.53. The summed E-state index contributed by atoms with van der Waals surface area (Å²) in [6.07, 6.45) is 3.06. The Bertz CT molecular complexity index is 1000. The first-order valence-corrected chi connectivity index (χ1v) is 11.5. The van der Waals surface area contributed by atoms with Gasteiger partial charge in [0.1, 0.15) is 0 Å². The number of nitrogens with zero attached hydrogens (tertiary/aromatic N) is 3. The average Bonchev–Trinajstić information content (AvgIpc) is 3.24. The summed E-state index contributed by atoms with van der Waals surface area (Å²) in [6.45, 7) is 7.81. The lowest BCUT2D eigenvalue weighted by Crippen LogP contribution is -2.16. The fourth-order valence-electron chi connectivity index (χ4n) is 3.38. The fourth-order valence-corrected chi connectivity index (χ4v) is 6.08. The minimum Gasteiger partial charge on any atom is -0.266 e. The van der Waals surface area contributed by atoms with Crippen molar-refractivity contribution in [2.45, 2.75) is 46.6 Å². The zero-order chi connectivity index (χ0) is 19.8. The Balaban J connectivity index is 1.73. The van der Waals surface area contributed by atoms with Crippen LogP contribution >= 0.6 is 11.3 Å². The molecule has 1 saturated heterocycles. The highest BCUT2D eigenvalue weighted by Gasteiger charge is 2.31. The van der Waals surface area contributed by atoms with Gasteiger partial charge in [-0.15, -0.1) is 11.3 Å². The predicted octanol–water partition coefficient (Wildman–Crippen LogP) is 2.56. The van der Waals surface area contributed by atoms with Gasteiger partial charge >= 0.3 is 0 Å². The summed E-state index contributed by atoms with van der Waals surface area (Å²) in [5.74, 6) is 0.0959. The second-order valence-corrected chi connectivity index (χ2v) is 10.2. The van der Waals surface area contributed by atoms with Crippen LogP contribution in [-0.2, 0) is 16.3 Å². The Morgan fingerprint density at radius 1 is 1.44 bits per heavy atom. The Morgan fingerprint density at radius 2 is 2.19 bits per heavy atom. The highest BCUT2D eigenvalue weighted by molar-refractivity contribution is 7.91. The van der Waals surface area contributed by atoms with Crippen LogP contribution in [0.1, 0.15) is 56.4 Å². The predicted molar refractivity (Wildman–Crippen MR) is 108 cm³/mol. The van der Waals surface area contributed by atoms with E-state index in [2.05, 4.69) is 22.5 Å². The summed E-state index contributed by atoms with van der Waals surface area (Å²) in [5.41, 5.74) is 6.10. The molecule has 1 atom stereocenters. The van der Waals surface area contributed by atoms with Gasteiger partial charge in [0.25, 0.3) is 5.91 Å². The zero-order valence-corrected chi connectivity index (χ0v) is 17.6. The standard InChI is InChI=1S/C18H24N4O3S2/c1-5-16-11(2)8-17(26-16)18(23)20-19-9-15-12(3)21-22(13(15)4)14-6-7-27(24,25)10-14/h8-9,14H,5-7,10H2,1-4H3,(H,20,23)/b19-9-/t14-/m1/s1. The molecule has 0 aliphatic carbocycles. The second-order valence-electron chi connectivity index (χ2n) is 6.86. The molecule has 0 bridgehead atoms. The number of hydrazone groups is 1. The normalized spacial score (nSPS) is 19.0. The van der Waals surface area contributed by atoms with E-state index in [0.29, 0.717) is 11.3 Å². The summed E-state index contributed by atoms with van der Waals surface area (Å²) >= 11 is 1.48. The average molecular weight is 409 g/mol. The molecule has 0 saturated carbocycles. The quantitative estimate of drug-likeness (QED) is 0.608. The SMILES string of the molecule is CCc1sc(C(=O)N/N=C\c2c(C)nn([C@@H]3CCS(=O)(=O)C3)c2C)cc1C. The molecule has 9 heteroatoms. The molecule has 1 fully saturated rings. The van der Waals surface area contributed by atoms with Crippen molar-refractivity contribution < 1.29 is 13.2 Å². The molecular weight excluding hydrogens is 384 g/mol. The van der Waals surface area contributed by atoms with E-state index in [1.807, 2.05) is 26.8 Å². The topological polar surface area (TPSA) is 93.4 Å². The number of aryl methyl sites for hydroxylation is 3. The number of nitrogens with one attached hydrogen (secondary N) is 1. The van der Waals surface area contributed by atoms with Crippen molar-refractivity contribution in [3.8, 4) is 0 Å². The van der Waals surface area contributed by atoms with Crippen molar-refractivity contribution in [2.75, 3.05) is 11.5 Å². The van der Waals surface area contributed by atoms with E-state index in [-0.39, 0.29) is 23.5 Å². The molecule has 1 aliphatic heterocycles. The first kappa shape index (κ1) is 19.8. The van der Waals surface area contributed by atoms with Gasteiger partial charge in [-0.2, -0.15) is 10.2 Å². The number of sulfone groups is 1. The van der Waals surface area contributed by atoms with Gasteiger partial charge in [-0.25, -0.2) is 13.8 Å². The minimum atomic E-state index is -2.98. The van der Waals surface area contributed by atoms with E-state index in [9.17, 15) is 13.2 Å². The molecule has 146 valence electrons. The number of aromatic nitrogens is 2. The van der Waals surface area contributed by atoms with Gasteiger partial charge in [-0.05, 0) is 45.2 Å². The Labute approximate surface area is 163 Å². The first-order valence-electron chi connectivity index (χ1n) is 8.90. The highest BCUT2D eigenvalue weighted by atomic mass is 32.2. The maximum atomic E-state index is 12.3. The molecule has 27 heavy (non-hydrogen) atoms. The molecule has 0 aromatic carbocycles. The molecule has 7 nitrogen and oxygen atoms in total. The summed E-state index contributed by atoms with van der Waals surface area (Å²) in [5, 5.41) is 8.57. The van der Waals surface area contributed by atoms with Crippen LogP contribution in [0, 0.1) is 20.8 Å². The molecule has 2 aromatic heterocycles. The molecule has 1 N–H and O–H groups in total. The van der Waals surface area contributed by atoms with Crippen molar-refractivity contribution in [1.29, 1.82) is 0 Å². The summed E-state index contributed by atoms with van der Waals surface area (Å²) < 4.78 is 25.2. The van der Waals surface area contributed by atoms with Gasteiger partial charge in [-0.1, -0.05) is 6.92 Å². The third-order valence-electron chi connectivity index (χ3n) is 4.86. The maximum Gasteiger partial charge on any atom is 0.281 e.